The van der Waals surface area contributed by atoms with Crippen LogP contribution in [-0.4, -0.2) is 60.5 Å². The number of aliphatic imine (C=N–C) groups is 1. The summed E-state index contributed by atoms with van der Waals surface area (Å²) in [6, 6.07) is 5.22. The fourth-order valence-corrected chi connectivity index (χ4v) is 3.49. The molecule has 0 spiro atoms. The van der Waals surface area contributed by atoms with Crippen LogP contribution in [-0.2, 0) is 11.8 Å². The van der Waals surface area contributed by atoms with Gasteiger partial charge >= 0.3 is 0 Å². The first-order valence-electron chi connectivity index (χ1n) is 9.20. The van der Waals surface area contributed by atoms with Crippen molar-refractivity contribution in [2.45, 2.75) is 12.5 Å². The molecule has 1 aromatic carbocycles. The van der Waals surface area contributed by atoms with Gasteiger partial charge in [-0.1, -0.05) is 23.2 Å². The molecule has 0 amide bonds. The minimum atomic E-state index is -0.00335. The largest absolute Gasteiger partial charge is 0.492 e. The van der Waals surface area contributed by atoms with E-state index in [1.807, 2.05) is 19.4 Å². The van der Waals surface area contributed by atoms with Crippen LogP contribution in [0.1, 0.15) is 18.1 Å². The summed E-state index contributed by atoms with van der Waals surface area (Å²) >= 11 is 12.0. The average Bonchev–Trinajstić information content (AvgIpc) is 3.13. The van der Waals surface area contributed by atoms with Gasteiger partial charge in [0.1, 0.15) is 11.9 Å². The summed E-state index contributed by atoms with van der Waals surface area (Å²) in [4.78, 5) is 6.61. The first-order chi connectivity index (χ1) is 13.6. The Morgan fingerprint density at radius 2 is 2.29 bits per heavy atom. The average molecular weight is 426 g/mol. The van der Waals surface area contributed by atoms with Crippen molar-refractivity contribution >= 4 is 29.2 Å². The molecule has 1 atom stereocenters. The van der Waals surface area contributed by atoms with E-state index in [1.165, 1.54) is 0 Å². The van der Waals surface area contributed by atoms with Crippen molar-refractivity contribution < 1.29 is 9.47 Å². The summed E-state index contributed by atoms with van der Waals surface area (Å²) in [7, 11) is 3.70. The molecule has 2 heterocycles. The van der Waals surface area contributed by atoms with E-state index >= 15 is 0 Å². The Kier molecular flexibility index (Phi) is 7.42. The van der Waals surface area contributed by atoms with Gasteiger partial charge in [-0.2, -0.15) is 5.10 Å². The van der Waals surface area contributed by atoms with E-state index in [1.54, 1.807) is 29.9 Å². The topological polar surface area (TPSA) is 63.9 Å². The third kappa shape index (κ3) is 5.53. The second-order valence-electron chi connectivity index (χ2n) is 6.50. The Bertz CT molecular complexity index is 811. The van der Waals surface area contributed by atoms with Gasteiger partial charge in [0.05, 0.1) is 31.0 Å². The molecule has 9 heteroatoms. The van der Waals surface area contributed by atoms with Crippen LogP contribution in [0.15, 0.2) is 35.6 Å². The van der Waals surface area contributed by atoms with Crippen molar-refractivity contribution in [2.24, 2.45) is 12.0 Å². The van der Waals surface area contributed by atoms with Gasteiger partial charge in [0.2, 0.25) is 0 Å². The molecule has 1 fully saturated rings. The molecule has 0 aliphatic carbocycles. The van der Waals surface area contributed by atoms with Crippen LogP contribution in [0.25, 0.3) is 0 Å². The summed E-state index contributed by atoms with van der Waals surface area (Å²) in [5.41, 5.74) is 1.08. The molecule has 152 valence electrons. The molecule has 0 radical (unpaired) electrons. The molecule has 1 saturated heterocycles. The fraction of sp³-hybridized carbons (Fsp3) is 0.474. The molecule has 1 aromatic heterocycles. The van der Waals surface area contributed by atoms with Crippen LogP contribution in [0.4, 0.5) is 0 Å². The highest BCUT2D eigenvalue weighted by molar-refractivity contribution is 6.35. The third-order valence-electron chi connectivity index (χ3n) is 4.43. The Hall–Kier alpha value is -1.96. The number of morpholine rings is 1. The maximum atomic E-state index is 6.11. The van der Waals surface area contributed by atoms with Gasteiger partial charge in [-0.25, -0.2) is 0 Å². The number of benzene rings is 1. The maximum Gasteiger partial charge on any atom is 0.193 e. The summed E-state index contributed by atoms with van der Waals surface area (Å²) < 4.78 is 13.4. The molecular formula is C19H25Cl2N5O2. The third-order valence-corrected chi connectivity index (χ3v) is 4.96. The number of nitrogens with one attached hydrogen (secondary N) is 1. The summed E-state index contributed by atoms with van der Waals surface area (Å²) in [5, 5.41) is 8.74. The number of nitrogens with zero attached hydrogens (tertiary/aromatic N) is 4. The zero-order chi connectivity index (χ0) is 19.9. The van der Waals surface area contributed by atoms with Gasteiger partial charge in [0.25, 0.3) is 0 Å². The number of hydrogen-bond donors (Lipinski definition) is 1. The van der Waals surface area contributed by atoms with Crippen LogP contribution >= 0.6 is 23.2 Å². The van der Waals surface area contributed by atoms with Crippen molar-refractivity contribution in [1.82, 2.24) is 20.0 Å². The second kappa shape index (κ2) is 10.0. The maximum absolute atomic E-state index is 6.11. The van der Waals surface area contributed by atoms with E-state index in [-0.39, 0.29) is 6.10 Å². The molecule has 28 heavy (non-hydrogen) atoms. The van der Waals surface area contributed by atoms with E-state index in [0.29, 0.717) is 29.0 Å². The summed E-state index contributed by atoms with van der Waals surface area (Å²) in [6.45, 7) is 3.48. The van der Waals surface area contributed by atoms with E-state index < -0.39 is 0 Å². The van der Waals surface area contributed by atoms with Crippen LogP contribution in [0.5, 0.6) is 5.75 Å². The van der Waals surface area contributed by atoms with Gasteiger partial charge in [0.15, 0.2) is 5.96 Å². The van der Waals surface area contributed by atoms with Crippen LogP contribution in [0, 0.1) is 0 Å². The Morgan fingerprint density at radius 3 is 3.00 bits per heavy atom. The number of aromatic nitrogens is 2. The zero-order valence-electron chi connectivity index (χ0n) is 16.1. The normalized spacial score (nSPS) is 17.6. The van der Waals surface area contributed by atoms with Crippen molar-refractivity contribution in [1.29, 1.82) is 0 Å². The fourth-order valence-electron chi connectivity index (χ4n) is 3.03. The standard InChI is InChI=1S/C19H25Cl2N5O2/c1-22-19(23-6-3-8-27-17-5-4-15(20)10-16(17)21)26-7-9-28-18(13-26)14-11-24-25(2)12-14/h4-5,10-12,18H,3,6-9,13H2,1-2H3,(H,22,23). The number of hydrogen-bond acceptors (Lipinski definition) is 4. The lowest BCUT2D eigenvalue weighted by atomic mass is 10.1. The van der Waals surface area contributed by atoms with E-state index in [0.717, 1.165) is 37.6 Å². The molecule has 0 saturated carbocycles. The number of ether oxygens (including phenoxy) is 2. The number of rotatable bonds is 6. The van der Waals surface area contributed by atoms with Crippen molar-refractivity contribution in [3.8, 4) is 5.75 Å². The lowest BCUT2D eigenvalue weighted by Gasteiger charge is -2.34. The molecule has 1 N–H and O–H groups in total. The van der Waals surface area contributed by atoms with Crippen LogP contribution in [0.3, 0.4) is 0 Å². The lowest BCUT2D eigenvalue weighted by Crippen LogP contribution is -2.48. The SMILES string of the molecule is CN=C(NCCCOc1ccc(Cl)cc1Cl)N1CCOC(c2cnn(C)c2)C1. The van der Waals surface area contributed by atoms with Gasteiger partial charge in [-0.3, -0.25) is 9.67 Å². The summed E-state index contributed by atoms with van der Waals surface area (Å²) in [5.74, 6) is 1.50. The van der Waals surface area contributed by atoms with E-state index in [4.69, 9.17) is 32.7 Å². The van der Waals surface area contributed by atoms with Gasteiger partial charge in [0, 0.05) is 44.0 Å². The molecule has 2 aromatic rings. The van der Waals surface area contributed by atoms with Crippen molar-refractivity contribution in [2.75, 3.05) is 39.9 Å². The van der Waals surface area contributed by atoms with E-state index in [2.05, 4.69) is 20.3 Å². The highest BCUT2D eigenvalue weighted by atomic mass is 35.5. The number of halogens is 2. The molecule has 7 nitrogen and oxygen atoms in total. The predicted octanol–water partition coefficient (Wildman–Crippen LogP) is 3.14. The van der Waals surface area contributed by atoms with Crippen LogP contribution < -0.4 is 10.1 Å². The van der Waals surface area contributed by atoms with Crippen molar-refractivity contribution in [3.63, 3.8) is 0 Å². The number of aryl methyl sites for hydroxylation is 1. The van der Waals surface area contributed by atoms with Crippen molar-refractivity contribution in [3.05, 3.63) is 46.2 Å². The zero-order valence-corrected chi connectivity index (χ0v) is 17.6. The highest BCUT2D eigenvalue weighted by Crippen LogP contribution is 2.27. The van der Waals surface area contributed by atoms with E-state index in [9.17, 15) is 0 Å². The minimum Gasteiger partial charge on any atom is -0.492 e. The quantitative estimate of drug-likeness (QED) is 0.437. The monoisotopic (exact) mass is 425 g/mol. The predicted molar refractivity (Wildman–Crippen MR) is 111 cm³/mol. The smallest absolute Gasteiger partial charge is 0.193 e. The number of guanidine groups is 1. The highest BCUT2D eigenvalue weighted by Gasteiger charge is 2.24. The molecule has 1 unspecified atom stereocenters. The Labute approximate surface area is 175 Å². The molecular weight excluding hydrogens is 401 g/mol. The molecule has 1 aliphatic heterocycles. The summed E-state index contributed by atoms with van der Waals surface area (Å²) in [6.07, 6.45) is 4.65. The second-order valence-corrected chi connectivity index (χ2v) is 7.35. The minimum absolute atomic E-state index is 0.00335. The van der Waals surface area contributed by atoms with Crippen LogP contribution in [0.2, 0.25) is 10.0 Å². The molecule has 0 bridgehead atoms. The Balaban J connectivity index is 1.44. The van der Waals surface area contributed by atoms with Gasteiger partial charge in [-0.05, 0) is 24.6 Å². The first kappa shape index (κ1) is 20.8. The first-order valence-corrected chi connectivity index (χ1v) is 9.96. The van der Waals surface area contributed by atoms with Gasteiger partial charge < -0.3 is 19.7 Å². The molecule has 3 rings (SSSR count). The Morgan fingerprint density at radius 1 is 1.43 bits per heavy atom. The lowest BCUT2D eigenvalue weighted by molar-refractivity contribution is -0.00803. The molecule has 1 aliphatic rings. The van der Waals surface area contributed by atoms with Gasteiger partial charge in [-0.15, -0.1) is 0 Å².